The molecule has 2 atom stereocenters. The zero-order valence-electron chi connectivity index (χ0n) is 13.0. The molecule has 0 radical (unpaired) electrons. The maximum absolute atomic E-state index is 12.6. The molecule has 1 aliphatic carbocycles. The van der Waals surface area contributed by atoms with E-state index in [4.69, 9.17) is 0 Å². The van der Waals surface area contributed by atoms with E-state index in [9.17, 15) is 4.79 Å². The zero-order chi connectivity index (χ0) is 15.6. The molecule has 1 saturated heterocycles. The van der Waals surface area contributed by atoms with E-state index in [1.807, 2.05) is 16.8 Å². The van der Waals surface area contributed by atoms with Crippen molar-refractivity contribution in [3.63, 3.8) is 0 Å². The summed E-state index contributed by atoms with van der Waals surface area (Å²) in [6, 6.07) is 1.88. The third-order valence-corrected chi connectivity index (χ3v) is 5.00. The van der Waals surface area contributed by atoms with Gasteiger partial charge in [-0.2, -0.15) is 0 Å². The zero-order valence-corrected chi connectivity index (χ0v) is 13.0. The normalized spacial score (nSPS) is 24.3. The predicted molar refractivity (Wildman–Crippen MR) is 87.2 cm³/mol. The molecule has 2 aromatic rings. The van der Waals surface area contributed by atoms with Crippen molar-refractivity contribution in [1.82, 2.24) is 19.9 Å². The number of carbonyl (C=O) groups is 1. The molecule has 6 heteroatoms. The van der Waals surface area contributed by atoms with Crippen LogP contribution in [0.1, 0.15) is 19.3 Å². The first kappa shape index (κ1) is 14.4. The van der Waals surface area contributed by atoms with E-state index < -0.39 is 0 Å². The lowest BCUT2D eigenvalue weighted by Crippen LogP contribution is -2.29. The van der Waals surface area contributed by atoms with E-state index in [0.29, 0.717) is 11.8 Å². The van der Waals surface area contributed by atoms with E-state index in [1.165, 1.54) is 12.8 Å². The molecule has 6 nitrogen and oxygen atoms in total. The Bertz CT molecular complexity index is 678. The van der Waals surface area contributed by atoms with E-state index in [-0.39, 0.29) is 11.8 Å². The van der Waals surface area contributed by atoms with Gasteiger partial charge in [-0.05, 0) is 50.3 Å². The minimum Gasteiger partial charge on any atom is -0.323 e. The molecule has 23 heavy (non-hydrogen) atoms. The van der Waals surface area contributed by atoms with E-state index in [0.717, 1.165) is 30.9 Å². The summed E-state index contributed by atoms with van der Waals surface area (Å²) < 4.78 is 1.88. The number of hydrogen-bond acceptors (Lipinski definition) is 4. The standard InChI is InChI=1S/C17H21N5O/c23-17(14-9-13(14)12-1-4-18-5-2-12)21-15-10-19-6-3-16(15)22-8-7-20-11-22/h3,6-8,10-14,18H,1-2,4-5,9H2,(H,21,23)/t13-,14+/m0/s1. The fraction of sp³-hybridized carbons (Fsp3) is 0.471. The number of aromatic nitrogens is 3. The van der Waals surface area contributed by atoms with Crippen LogP contribution in [0.15, 0.2) is 37.2 Å². The highest BCUT2D eigenvalue weighted by atomic mass is 16.2. The number of nitrogens with one attached hydrogen (secondary N) is 2. The second-order valence-electron chi connectivity index (χ2n) is 6.45. The molecule has 0 spiro atoms. The minimum atomic E-state index is 0.128. The predicted octanol–water partition coefficient (Wildman–Crippen LogP) is 1.84. The van der Waals surface area contributed by atoms with Gasteiger partial charge < -0.3 is 15.2 Å². The molecule has 2 aliphatic rings. The molecule has 3 heterocycles. The summed E-state index contributed by atoms with van der Waals surface area (Å²) in [5.41, 5.74) is 1.64. The first-order chi connectivity index (χ1) is 11.3. The van der Waals surface area contributed by atoms with Crippen LogP contribution in [0.4, 0.5) is 5.69 Å². The number of nitrogens with zero attached hydrogens (tertiary/aromatic N) is 3. The summed E-state index contributed by atoms with van der Waals surface area (Å²) >= 11 is 0. The van der Waals surface area contributed by atoms with Crippen molar-refractivity contribution < 1.29 is 4.79 Å². The molecule has 0 aromatic carbocycles. The van der Waals surface area contributed by atoms with Crippen molar-refractivity contribution >= 4 is 11.6 Å². The van der Waals surface area contributed by atoms with Crippen molar-refractivity contribution in [2.24, 2.45) is 17.8 Å². The lowest BCUT2D eigenvalue weighted by atomic mass is 9.92. The first-order valence-corrected chi connectivity index (χ1v) is 8.27. The molecule has 4 rings (SSSR count). The summed E-state index contributed by atoms with van der Waals surface area (Å²) in [5, 5.41) is 6.45. The lowest BCUT2D eigenvalue weighted by Gasteiger charge is -2.22. The van der Waals surface area contributed by atoms with Gasteiger partial charge in [0.1, 0.15) is 0 Å². The van der Waals surface area contributed by atoms with Gasteiger partial charge in [0, 0.05) is 24.5 Å². The second kappa shape index (κ2) is 6.12. The van der Waals surface area contributed by atoms with Gasteiger partial charge in [0.05, 0.1) is 23.9 Å². The number of pyridine rings is 1. The molecule has 1 aliphatic heterocycles. The first-order valence-electron chi connectivity index (χ1n) is 8.27. The molecule has 0 unspecified atom stereocenters. The van der Waals surface area contributed by atoms with Crippen molar-refractivity contribution in [3.8, 4) is 5.69 Å². The monoisotopic (exact) mass is 311 g/mol. The van der Waals surface area contributed by atoms with E-state index >= 15 is 0 Å². The Morgan fingerprint density at radius 3 is 2.91 bits per heavy atom. The molecular weight excluding hydrogens is 290 g/mol. The average Bonchev–Trinajstić information content (AvgIpc) is 3.22. The van der Waals surface area contributed by atoms with Gasteiger partial charge >= 0.3 is 0 Å². The van der Waals surface area contributed by atoms with Crippen molar-refractivity contribution in [1.29, 1.82) is 0 Å². The van der Waals surface area contributed by atoms with Crippen molar-refractivity contribution in [3.05, 3.63) is 37.2 Å². The molecule has 1 saturated carbocycles. The van der Waals surface area contributed by atoms with Gasteiger partial charge in [0.15, 0.2) is 0 Å². The number of carbonyl (C=O) groups excluding carboxylic acids is 1. The summed E-state index contributed by atoms with van der Waals surface area (Å²) in [6.45, 7) is 2.17. The highest BCUT2D eigenvalue weighted by Gasteiger charge is 2.47. The van der Waals surface area contributed by atoms with Gasteiger partial charge in [0.25, 0.3) is 0 Å². The quantitative estimate of drug-likeness (QED) is 0.904. The van der Waals surface area contributed by atoms with Crippen LogP contribution in [0.3, 0.4) is 0 Å². The van der Waals surface area contributed by atoms with Gasteiger partial charge in [-0.1, -0.05) is 0 Å². The lowest BCUT2D eigenvalue weighted by molar-refractivity contribution is -0.117. The maximum Gasteiger partial charge on any atom is 0.227 e. The van der Waals surface area contributed by atoms with Crippen LogP contribution in [-0.4, -0.2) is 33.5 Å². The second-order valence-corrected chi connectivity index (χ2v) is 6.45. The number of hydrogen-bond donors (Lipinski definition) is 2. The van der Waals surface area contributed by atoms with Gasteiger partial charge in [0.2, 0.25) is 5.91 Å². The number of anilines is 1. The third-order valence-electron chi connectivity index (χ3n) is 5.00. The molecule has 2 N–H and O–H groups in total. The highest BCUT2D eigenvalue weighted by molar-refractivity contribution is 5.96. The van der Waals surface area contributed by atoms with E-state index in [2.05, 4.69) is 20.6 Å². The van der Waals surface area contributed by atoms with Crippen LogP contribution in [0.2, 0.25) is 0 Å². The number of rotatable bonds is 4. The summed E-state index contributed by atoms with van der Waals surface area (Å²) in [4.78, 5) is 20.8. The van der Waals surface area contributed by atoms with Gasteiger partial charge in [-0.3, -0.25) is 9.78 Å². The number of amides is 1. The Morgan fingerprint density at radius 2 is 2.13 bits per heavy atom. The topological polar surface area (TPSA) is 71.8 Å². The Hall–Kier alpha value is -2.21. The Kier molecular flexibility index (Phi) is 3.83. The largest absolute Gasteiger partial charge is 0.323 e. The van der Waals surface area contributed by atoms with Crippen molar-refractivity contribution in [2.75, 3.05) is 18.4 Å². The third kappa shape index (κ3) is 2.99. The number of imidazole rings is 1. The minimum absolute atomic E-state index is 0.128. The summed E-state index contributed by atoms with van der Waals surface area (Å²) in [5.74, 6) is 1.55. The fourth-order valence-corrected chi connectivity index (χ4v) is 3.65. The van der Waals surface area contributed by atoms with Crippen LogP contribution < -0.4 is 10.6 Å². The molecule has 120 valence electrons. The van der Waals surface area contributed by atoms with Gasteiger partial charge in [-0.15, -0.1) is 0 Å². The molecule has 2 fully saturated rings. The Balaban J connectivity index is 1.44. The fourth-order valence-electron chi connectivity index (χ4n) is 3.65. The van der Waals surface area contributed by atoms with Crippen LogP contribution >= 0.6 is 0 Å². The molecule has 2 aromatic heterocycles. The number of piperidine rings is 1. The SMILES string of the molecule is O=C(Nc1cnccc1-n1ccnc1)[C@@H]1C[C@H]1C1CCNCC1. The maximum atomic E-state index is 12.6. The van der Waals surface area contributed by atoms with Gasteiger partial charge in [-0.25, -0.2) is 4.98 Å². The summed E-state index contributed by atoms with van der Waals surface area (Å²) in [7, 11) is 0. The Morgan fingerprint density at radius 1 is 1.26 bits per heavy atom. The van der Waals surface area contributed by atoms with E-state index in [1.54, 1.807) is 24.9 Å². The summed E-state index contributed by atoms with van der Waals surface area (Å²) in [6.07, 6.45) is 12.1. The smallest absolute Gasteiger partial charge is 0.227 e. The molecular formula is C17H21N5O. The van der Waals surface area contributed by atoms with Crippen LogP contribution in [0.5, 0.6) is 0 Å². The molecule has 1 amide bonds. The van der Waals surface area contributed by atoms with Crippen molar-refractivity contribution in [2.45, 2.75) is 19.3 Å². The van der Waals surface area contributed by atoms with Crippen LogP contribution in [0.25, 0.3) is 5.69 Å². The molecule has 0 bridgehead atoms. The van der Waals surface area contributed by atoms with Crippen LogP contribution in [-0.2, 0) is 4.79 Å². The van der Waals surface area contributed by atoms with Crippen LogP contribution in [0, 0.1) is 17.8 Å². The highest BCUT2D eigenvalue weighted by Crippen LogP contribution is 2.47. The average molecular weight is 311 g/mol. The Labute approximate surface area is 135 Å².